The molecular formula is C13H11ClO3S. The third-order valence-corrected chi connectivity index (χ3v) is 4.01. The lowest BCUT2D eigenvalue weighted by Crippen LogP contribution is -1.92. The predicted molar refractivity (Wildman–Crippen MR) is 71.3 cm³/mol. The standard InChI is InChI=1S/C13H11ClO3S/c1-9-8-12(18(14,16)17)6-7-13(9)10-2-4-11(15)5-3-10/h2-8,15H,1H3. The largest absolute Gasteiger partial charge is 0.508 e. The molecule has 2 aromatic carbocycles. The fourth-order valence-electron chi connectivity index (χ4n) is 1.75. The average Bonchev–Trinajstić information content (AvgIpc) is 2.29. The Bertz CT molecular complexity index is 676. The zero-order valence-electron chi connectivity index (χ0n) is 9.59. The number of phenolic OH excluding ortho intramolecular Hbond substituents is 1. The lowest BCUT2D eigenvalue weighted by atomic mass is 10.0. The average molecular weight is 283 g/mol. The van der Waals surface area contributed by atoms with Gasteiger partial charge in [-0.2, -0.15) is 0 Å². The van der Waals surface area contributed by atoms with Crippen molar-refractivity contribution in [2.45, 2.75) is 11.8 Å². The van der Waals surface area contributed by atoms with Crippen LogP contribution in [0.2, 0.25) is 0 Å². The number of rotatable bonds is 2. The third kappa shape index (κ3) is 2.66. The Hall–Kier alpha value is -1.52. The van der Waals surface area contributed by atoms with Crippen molar-refractivity contribution in [3.8, 4) is 16.9 Å². The first kappa shape index (κ1) is 12.9. The van der Waals surface area contributed by atoms with Crippen LogP contribution in [-0.4, -0.2) is 13.5 Å². The van der Waals surface area contributed by atoms with E-state index in [0.29, 0.717) is 0 Å². The lowest BCUT2D eigenvalue weighted by molar-refractivity contribution is 0.475. The number of benzene rings is 2. The molecule has 94 valence electrons. The molecule has 3 nitrogen and oxygen atoms in total. The molecular weight excluding hydrogens is 272 g/mol. The maximum Gasteiger partial charge on any atom is 0.261 e. The van der Waals surface area contributed by atoms with E-state index in [1.807, 2.05) is 6.92 Å². The Morgan fingerprint density at radius 3 is 2.17 bits per heavy atom. The van der Waals surface area contributed by atoms with Gasteiger partial charge in [0.05, 0.1) is 4.90 Å². The fraction of sp³-hybridized carbons (Fsp3) is 0.0769. The second-order valence-electron chi connectivity index (χ2n) is 3.96. The number of phenols is 1. The van der Waals surface area contributed by atoms with E-state index in [4.69, 9.17) is 10.7 Å². The van der Waals surface area contributed by atoms with Gasteiger partial charge in [-0.1, -0.05) is 18.2 Å². The molecule has 0 amide bonds. The van der Waals surface area contributed by atoms with Gasteiger partial charge in [-0.05, 0) is 47.9 Å². The highest BCUT2D eigenvalue weighted by atomic mass is 35.7. The summed E-state index contributed by atoms with van der Waals surface area (Å²) in [5.74, 6) is 0.191. The van der Waals surface area contributed by atoms with Gasteiger partial charge in [-0.25, -0.2) is 8.42 Å². The van der Waals surface area contributed by atoms with Crippen LogP contribution in [0.5, 0.6) is 5.75 Å². The van der Waals surface area contributed by atoms with Crippen LogP contribution in [0.15, 0.2) is 47.4 Å². The van der Waals surface area contributed by atoms with Gasteiger partial charge in [0.25, 0.3) is 9.05 Å². The summed E-state index contributed by atoms with van der Waals surface area (Å²) in [4.78, 5) is 0.0872. The molecule has 0 fully saturated rings. The van der Waals surface area contributed by atoms with Crippen LogP contribution in [0.1, 0.15) is 5.56 Å². The van der Waals surface area contributed by atoms with Crippen molar-refractivity contribution in [2.24, 2.45) is 0 Å². The molecule has 5 heteroatoms. The molecule has 2 aromatic rings. The normalized spacial score (nSPS) is 11.4. The summed E-state index contributed by atoms with van der Waals surface area (Å²) in [6.07, 6.45) is 0. The minimum Gasteiger partial charge on any atom is -0.508 e. The zero-order chi connectivity index (χ0) is 13.3. The third-order valence-electron chi connectivity index (χ3n) is 2.66. The molecule has 2 rings (SSSR count). The number of aromatic hydroxyl groups is 1. The monoisotopic (exact) mass is 282 g/mol. The molecule has 1 N–H and O–H groups in total. The minimum absolute atomic E-state index is 0.0872. The van der Waals surface area contributed by atoms with Gasteiger partial charge in [0, 0.05) is 10.7 Å². The van der Waals surface area contributed by atoms with Gasteiger partial charge in [0.1, 0.15) is 5.75 Å². The van der Waals surface area contributed by atoms with Crippen molar-refractivity contribution < 1.29 is 13.5 Å². The molecule has 0 radical (unpaired) electrons. The highest BCUT2D eigenvalue weighted by Crippen LogP contribution is 2.28. The summed E-state index contributed by atoms with van der Waals surface area (Å²) < 4.78 is 22.4. The fourth-order valence-corrected chi connectivity index (χ4v) is 2.59. The molecule has 0 atom stereocenters. The molecule has 0 aliphatic rings. The van der Waals surface area contributed by atoms with Crippen LogP contribution < -0.4 is 0 Å². The van der Waals surface area contributed by atoms with Crippen LogP contribution in [0, 0.1) is 6.92 Å². The van der Waals surface area contributed by atoms with Crippen LogP contribution >= 0.6 is 10.7 Å². The van der Waals surface area contributed by atoms with Crippen molar-refractivity contribution in [3.05, 3.63) is 48.0 Å². The zero-order valence-corrected chi connectivity index (χ0v) is 11.2. The van der Waals surface area contributed by atoms with E-state index in [1.165, 1.54) is 12.1 Å². The topological polar surface area (TPSA) is 54.4 Å². The first-order valence-corrected chi connectivity index (χ1v) is 7.53. The van der Waals surface area contributed by atoms with Crippen LogP contribution in [0.25, 0.3) is 11.1 Å². The summed E-state index contributed by atoms with van der Waals surface area (Å²) >= 11 is 0. The van der Waals surface area contributed by atoms with Crippen LogP contribution in [0.3, 0.4) is 0 Å². The van der Waals surface area contributed by atoms with Crippen molar-refractivity contribution in [1.82, 2.24) is 0 Å². The van der Waals surface area contributed by atoms with Crippen molar-refractivity contribution in [3.63, 3.8) is 0 Å². The van der Waals surface area contributed by atoms with Crippen molar-refractivity contribution in [1.29, 1.82) is 0 Å². The number of hydrogen-bond donors (Lipinski definition) is 1. The Kier molecular flexibility index (Phi) is 3.32. The molecule has 18 heavy (non-hydrogen) atoms. The quantitative estimate of drug-likeness (QED) is 0.860. The van der Waals surface area contributed by atoms with Gasteiger partial charge in [-0.15, -0.1) is 0 Å². The predicted octanol–water partition coefficient (Wildman–Crippen LogP) is 3.30. The van der Waals surface area contributed by atoms with Crippen LogP contribution in [-0.2, 0) is 9.05 Å². The summed E-state index contributed by atoms with van der Waals surface area (Å²) in [5, 5.41) is 9.23. The lowest BCUT2D eigenvalue weighted by Gasteiger charge is -2.07. The Morgan fingerprint density at radius 2 is 1.67 bits per heavy atom. The first-order chi connectivity index (χ1) is 8.38. The SMILES string of the molecule is Cc1cc(S(=O)(=O)Cl)ccc1-c1ccc(O)cc1. The summed E-state index contributed by atoms with van der Waals surface area (Å²) in [6, 6.07) is 11.4. The van der Waals surface area contributed by atoms with Gasteiger partial charge in [-0.3, -0.25) is 0 Å². The van der Waals surface area contributed by atoms with Gasteiger partial charge >= 0.3 is 0 Å². The summed E-state index contributed by atoms with van der Waals surface area (Å²) in [5.41, 5.74) is 2.62. The Labute approximate surface area is 110 Å². The van der Waals surface area contributed by atoms with E-state index in [1.54, 1.807) is 30.3 Å². The number of aryl methyl sites for hydroxylation is 1. The maximum absolute atomic E-state index is 11.2. The molecule has 0 unspecified atom stereocenters. The van der Waals surface area contributed by atoms with Gasteiger partial charge in [0.2, 0.25) is 0 Å². The maximum atomic E-state index is 11.2. The molecule has 0 aliphatic carbocycles. The molecule has 0 bridgehead atoms. The molecule has 0 saturated carbocycles. The van der Waals surface area contributed by atoms with E-state index >= 15 is 0 Å². The summed E-state index contributed by atoms with van der Waals surface area (Å²) in [6.45, 7) is 1.81. The number of hydrogen-bond acceptors (Lipinski definition) is 3. The smallest absolute Gasteiger partial charge is 0.261 e. The first-order valence-electron chi connectivity index (χ1n) is 5.22. The molecule has 0 saturated heterocycles. The Morgan fingerprint density at radius 1 is 1.06 bits per heavy atom. The molecule has 0 heterocycles. The van der Waals surface area contributed by atoms with E-state index in [-0.39, 0.29) is 10.6 Å². The molecule has 0 aromatic heterocycles. The number of halogens is 1. The van der Waals surface area contributed by atoms with E-state index < -0.39 is 9.05 Å². The second-order valence-corrected chi connectivity index (χ2v) is 6.53. The highest BCUT2D eigenvalue weighted by Gasteiger charge is 2.11. The Balaban J connectivity index is 2.51. The van der Waals surface area contributed by atoms with E-state index in [2.05, 4.69) is 0 Å². The van der Waals surface area contributed by atoms with E-state index in [9.17, 15) is 13.5 Å². The minimum atomic E-state index is -3.70. The van der Waals surface area contributed by atoms with Crippen LogP contribution in [0.4, 0.5) is 0 Å². The van der Waals surface area contributed by atoms with E-state index in [0.717, 1.165) is 16.7 Å². The highest BCUT2D eigenvalue weighted by molar-refractivity contribution is 8.13. The summed E-state index contributed by atoms with van der Waals surface area (Å²) in [7, 11) is 1.59. The van der Waals surface area contributed by atoms with Gasteiger partial charge < -0.3 is 5.11 Å². The van der Waals surface area contributed by atoms with Crippen molar-refractivity contribution >= 4 is 19.7 Å². The molecule has 0 aliphatic heterocycles. The van der Waals surface area contributed by atoms with Gasteiger partial charge in [0.15, 0.2) is 0 Å². The second kappa shape index (κ2) is 4.63. The van der Waals surface area contributed by atoms with Crippen molar-refractivity contribution in [2.75, 3.05) is 0 Å². The molecule has 0 spiro atoms.